The van der Waals surface area contributed by atoms with Crippen LogP contribution in [0.2, 0.25) is 0 Å². The highest BCUT2D eigenvalue weighted by atomic mass is 16.7. The standard InChI is InChI=1S/C31H41N3O6/c1-30(2,3)14-20-11-21-23(15-31(8-4-9-31)40-29(21)33-16-20)32-17-24(35)22(34-28(36)26-7-10-37-26)12-19-5-6-25-27(13-19)39-18-38-25/h5-6,11,13,16,22-24,26,32,35H,4,7-10,12,14-15,17-18H2,1-3H3,(H,34,36)/t22-,23-,24+,26-/m0/s1. The van der Waals surface area contributed by atoms with Crippen molar-refractivity contribution in [3.63, 3.8) is 0 Å². The molecule has 40 heavy (non-hydrogen) atoms. The fourth-order valence-corrected chi connectivity index (χ4v) is 6.08. The van der Waals surface area contributed by atoms with Gasteiger partial charge >= 0.3 is 0 Å². The predicted molar refractivity (Wildman–Crippen MR) is 149 cm³/mol. The maximum atomic E-state index is 12.8. The number of aliphatic hydroxyl groups excluding tert-OH is 1. The molecule has 4 heterocycles. The number of nitrogens with one attached hydrogen (secondary N) is 2. The van der Waals surface area contributed by atoms with Gasteiger partial charge in [-0.05, 0) is 66.8 Å². The van der Waals surface area contributed by atoms with Gasteiger partial charge in [0.05, 0.1) is 18.8 Å². The maximum Gasteiger partial charge on any atom is 0.249 e. The fourth-order valence-electron chi connectivity index (χ4n) is 6.08. The highest BCUT2D eigenvalue weighted by Crippen LogP contribution is 2.48. The first-order chi connectivity index (χ1) is 19.2. The van der Waals surface area contributed by atoms with E-state index in [-0.39, 0.29) is 29.8 Å². The number of ether oxygens (including phenoxy) is 4. The van der Waals surface area contributed by atoms with E-state index in [0.717, 1.165) is 43.2 Å². The Morgan fingerprint density at radius 3 is 2.67 bits per heavy atom. The molecule has 1 spiro atoms. The van der Waals surface area contributed by atoms with Crippen LogP contribution in [0.3, 0.4) is 0 Å². The number of hydrogen-bond acceptors (Lipinski definition) is 8. The van der Waals surface area contributed by atoms with E-state index in [0.29, 0.717) is 43.4 Å². The number of nitrogens with zero attached hydrogens (tertiary/aromatic N) is 1. The molecule has 1 saturated carbocycles. The molecule has 4 atom stereocenters. The quantitative estimate of drug-likeness (QED) is 0.434. The second-order valence-corrected chi connectivity index (χ2v) is 13.0. The minimum atomic E-state index is -0.830. The molecule has 9 heteroatoms. The first-order valence-electron chi connectivity index (χ1n) is 14.6. The van der Waals surface area contributed by atoms with E-state index in [1.807, 2.05) is 24.4 Å². The summed E-state index contributed by atoms with van der Waals surface area (Å²) >= 11 is 0. The molecule has 2 aromatic rings. The smallest absolute Gasteiger partial charge is 0.249 e. The van der Waals surface area contributed by atoms with Crippen LogP contribution in [0.25, 0.3) is 0 Å². The summed E-state index contributed by atoms with van der Waals surface area (Å²) in [6.45, 7) is 7.77. The van der Waals surface area contributed by atoms with Gasteiger partial charge in [-0.2, -0.15) is 0 Å². The summed E-state index contributed by atoms with van der Waals surface area (Å²) in [4.78, 5) is 17.6. The van der Waals surface area contributed by atoms with E-state index >= 15 is 0 Å². The molecule has 3 aliphatic heterocycles. The number of carbonyl (C=O) groups is 1. The topological polar surface area (TPSA) is 111 Å². The van der Waals surface area contributed by atoms with E-state index in [1.54, 1.807) is 0 Å². The van der Waals surface area contributed by atoms with Gasteiger partial charge in [0.25, 0.3) is 0 Å². The summed E-state index contributed by atoms with van der Waals surface area (Å²) in [5.74, 6) is 1.90. The third-order valence-corrected chi connectivity index (χ3v) is 8.45. The Morgan fingerprint density at radius 2 is 1.98 bits per heavy atom. The number of pyridine rings is 1. The number of hydrogen-bond donors (Lipinski definition) is 3. The highest BCUT2D eigenvalue weighted by Gasteiger charge is 2.46. The van der Waals surface area contributed by atoms with E-state index in [4.69, 9.17) is 23.9 Å². The summed E-state index contributed by atoms with van der Waals surface area (Å²) < 4.78 is 22.8. The molecule has 1 aromatic carbocycles. The average Bonchev–Trinajstić information content (AvgIpc) is 3.31. The first kappa shape index (κ1) is 27.3. The second-order valence-electron chi connectivity index (χ2n) is 13.0. The minimum absolute atomic E-state index is 0.00276. The fraction of sp³-hybridized carbons (Fsp3) is 0.613. The summed E-state index contributed by atoms with van der Waals surface area (Å²) in [5, 5.41) is 18.1. The molecular formula is C31H41N3O6. The SMILES string of the molecule is CC(C)(C)Cc1cnc2c(c1)[C@@H](NC[C@@H](O)[C@H](Cc1ccc3c(c1)OCO3)NC(=O)[C@@H]1CCO1)CC1(CCC1)O2. The van der Waals surface area contributed by atoms with E-state index in [2.05, 4.69) is 37.5 Å². The van der Waals surface area contributed by atoms with E-state index in [1.165, 1.54) is 5.56 Å². The molecule has 1 aliphatic carbocycles. The molecule has 1 saturated heterocycles. The molecule has 4 aliphatic rings. The molecule has 1 aromatic heterocycles. The van der Waals surface area contributed by atoms with Gasteiger partial charge in [-0.3, -0.25) is 4.79 Å². The normalized spacial score (nSPS) is 23.8. The van der Waals surface area contributed by atoms with Crippen LogP contribution in [0.1, 0.15) is 75.6 Å². The Kier molecular flexibility index (Phi) is 7.39. The number of rotatable bonds is 9. The lowest BCUT2D eigenvalue weighted by Crippen LogP contribution is -2.54. The predicted octanol–water partition coefficient (Wildman–Crippen LogP) is 3.61. The first-order valence-corrected chi connectivity index (χ1v) is 14.6. The molecule has 2 fully saturated rings. The zero-order valence-electron chi connectivity index (χ0n) is 23.7. The van der Waals surface area contributed by atoms with Crippen LogP contribution in [0.15, 0.2) is 30.5 Å². The minimum Gasteiger partial charge on any atom is -0.471 e. The van der Waals surface area contributed by atoms with Crippen molar-refractivity contribution in [2.24, 2.45) is 5.41 Å². The molecule has 0 unspecified atom stereocenters. The van der Waals surface area contributed by atoms with Gasteiger partial charge in [-0.25, -0.2) is 4.98 Å². The molecule has 3 N–H and O–H groups in total. The Labute approximate surface area is 235 Å². The molecule has 1 amide bonds. The largest absolute Gasteiger partial charge is 0.471 e. The van der Waals surface area contributed by atoms with Gasteiger partial charge in [-0.1, -0.05) is 26.8 Å². The Morgan fingerprint density at radius 1 is 1.18 bits per heavy atom. The Balaban J connectivity index is 1.18. The Hall–Kier alpha value is -2.88. The van der Waals surface area contributed by atoms with Crippen molar-refractivity contribution in [2.75, 3.05) is 19.9 Å². The monoisotopic (exact) mass is 551 g/mol. The van der Waals surface area contributed by atoms with Crippen LogP contribution in [0.4, 0.5) is 0 Å². The lowest BCUT2D eigenvalue weighted by atomic mass is 9.73. The maximum absolute atomic E-state index is 12.8. The van der Waals surface area contributed by atoms with Crippen LogP contribution in [-0.4, -0.2) is 59.8 Å². The van der Waals surface area contributed by atoms with Gasteiger partial charge in [0.2, 0.25) is 18.6 Å². The van der Waals surface area contributed by atoms with Crippen LogP contribution in [0, 0.1) is 5.41 Å². The van der Waals surface area contributed by atoms with Gasteiger partial charge < -0.3 is 34.7 Å². The molecular weight excluding hydrogens is 510 g/mol. The van der Waals surface area contributed by atoms with Crippen LogP contribution in [-0.2, 0) is 22.4 Å². The van der Waals surface area contributed by atoms with Crippen molar-refractivity contribution in [1.82, 2.24) is 15.6 Å². The Bertz CT molecular complexity index is 1240. The van der Waals surface area contributed by atoms with Crippen molar-refractivity contribution in [3.8, 4) is 17.4 Å². The number of aliphatic hydroxyl groups is 1. The number of amides is 1. The number of aromatic nitrogens is 1. The van der Waals surface area contributed by atoms with Crippen molar-refractivity contribution in [2.45, 2.75) is 95.6 Å². The molecule has 216 valence electrons. The van der Waals surface area contributed by atoms with Crippen molar-refractivity contribution >= 4 is 5.91 Å². The zero-order chi connectivity index (χ0) is 27.9. The van der Waals surface area contributed by atoms with Crippen molar-refractivity contribution < 1.29 is 28.8 Å². The molecule has 0 bridgehead atoms. The third kappa shape index (κ3) is 5.92. The average molecular weight is 552 g/mol. The number of benzene rings is 1. The van der Waals surface area contributed by atoms with Crippen molar-refractivity contribution in [3.05, 3.63) is 47.2 Å². The van der Waals surface area contributed by atoms with Crippen LogP contribution in [0.5, 0.6) is 17.4 Å². The van der Waals surface area contributed by atoms with Gasteiger partial charge in [0.15, 0.2) is 11.5 Å². The van der Waals surface area contributed by atoms with Crippen LogP contribution >= 0.6 is 0 Å². The lowest BCUT2D eigenvalue weighted by Gasteiger charge is -2.47. The summed E-state index contributed by atoms with van der Waals surface area (Å²) in [5.41, 5.74) is 3.13. The third-order valence-electron chi connectivity index (χ3n) is 8.45. The zero-order valence-corrected chi connectivity index (χ0v) is 23.7. The van der Waals surface area contributed by atoms with Gasteiger partial charge in [0.1, 0.15) is 11.7 Å². The van der Waals surface area contributed by atoms with E-state index < -0.39 is 18.2 Å². The number of carbonyl (C=O) groups excluding carboxylic acids is 1. The summed E-state index contributed by atoms with van der Waals surface area (Å²) in [6.07, 6.45) is 6.74. The van der Waals surface area contributed by atoms with Crippen LogP contribution < -0.4 is 24.8 Å². The van der Waals surface area contributed by atoms with Crippen molar-refractivity contribution in [1.29, 1.82) is 0 Å². The lowest BCUT2D eigenvalue weighted by molar-refractivity contribution is -0.146. The molecule has 0 radical (unpaired) electrons. The molecule has 6 rings (SSSR count). The molecule has 9 nitrogen and oxygen atoms in total. The van der Waals surface area contributed by atoms with Gasteiger partial charge in [0, 0.05) is 37.2 Å². The highest BCUT2D eigenvalue weighted by molar-refractivity contribution is 5.81. The summed E-state index contributed by atoms with van der Waals surface area (Å²) in [6, 6.07) is 7.44. The number of fused-ring (bicyclic) bond motifs is 2. The summed E-state index contributed by atoms with van der Waals surface area (Å²) in [7, 11) is 0. The second kappa shape index (κ2) is 10.8. The van der Waals surface area contributed by atoms with E-state index in [9.17, 15) is 9.90 Å². The van der Waals surface area contributed by atoms with Gasteiger partial charge in [-0.15, -0.1) is 0 Å².